The van der Waals surface area contributed by atoms with Crippen LogP contribution in [0.1, 0.15) is 17.0 Å². The van der Waals surface area contributed by atoms with E-state index in [-0.39, 0.29) is 12.5 Å². The number of hydrogen-bond acceptors (Lipinski definition) is 2. The topological polar surface area (TPSA) is 29.5 Å². The molecule has 0 amide bonds. The molecule has 0 fully saturated rings. The average molecular weight is 242 g/mol. The van der Waals surface area contributed by atoms with Crippen LogP contribution >= 0.6 is 0 Å². The molecule has 1 atom stereocenters. The summed E-state index contributed by atoms with van der Waals surface area (Å²) in [5, 5.41) is 9.43. The Bertz CT molecular complexity index is 479. The maximum atomic E-state index is 9.43. The first kappa shape index (κ1) is 12.7. The zero-order valence-corrected chi connectivity index (χ0v) is 10.5. The van der Waals surface area contributed by atoms with Crippen LogP contribution in [0.25, 0.3) is 0 Å². The summed E-state index contributed by atoms with van der Waals surface area (Å²) in [7, 11) is 0. The molecule has 2 aromatic carbocycles. The van der Waals surface area contributed by atoms with E-state index in [0.717, 1.165) is 11.3 Å². The fourth-order valence-corrected chi connectivity index (χ4v) is 1.88. The van der Waals surface area contributed by atoms with Crippen LogP contribution in [0.15, 0.2) is 54.6 Å². The van der Waals surface area contributed by atoms with Crippen LogP contribution in [-0.2, 0) is 0 Å². The third kappa shape index (κ3) is 3.34. The fraction of sp³-hybridized carbons (Fsp3) is 0.250. The van der Waals surface area contributed by atoms with Crippen molar-refractivity contribution in [3.05, 3.63) is 65.7 Å². The predicted molar refractivity (Wildman–Crippen MR) is 72.9 cm³/mol. The van der Waals surface area contributed by atoms with Gasteiger partial charge in [0.2, 0.25) is 0 Å². The average Bonchev–Trinajstić information content (AvgIpc) is 2.41. The van der Waals surface area contributed by atoms with Crippen LogP contribution in [0, 0.1) is 6.92 Å². The van der Waals surface area contributed by atoms with Gasteiger partial charge in [0.15, 0.2) is 0 Å². The Morgan fingerprint density at radius 1 is 1.06 bits per heavy atom. The highest BCUT2D eigenvalue weighted by molar-refractivity contribution is 5.28. The van der Waals surface area contributed by atoms with Gasteiger partial charge in [-0.1, -0.05) is 42.5 Å². The quantitative estimate of drug-likeness (QED) is 0.872. The second-order valence-corrected chi connectivity index (χ2v) is 4.42. The van der Waals surface area contributed by atoms with Gasteiger partial charge >= 0.3 is 0 Å². The Hall–Kier alpha value is -1.80. The smallest absolute Gasteiger partial charge is 0.119 e. The third-order valence-corrected chi connectivity index (χ3v) is 2.93. The largest absolute Gasteiger partial charge is 0.493 e. The number of benzene rings is 2. The van der Waals surface area contributed by atoms with E-state index in [0.29, 0.717) is 6.61 Å². The van der Waals surface area contributed by atoms with Crippen LogP contribution in [0.4, 0.5) is 0 Å². The Labute approximate surface area is 108 Å². The minimum absolute atomic E-state index is 0.0201. The van der Waals surface area contributed by atoms with Gasteiger partial charge in [0, 0.05) is 5.92 Å². The molecule has 0 aliphatic heterocycles. The molecule has 0 radical (unpaired) electrons. The lowest BCUT2D eigenvalue weighted by Crippen LogP contribution is -2.14. The lowest BCUT2D eigenvalue weighted by Gasteiger charge is -2.16. The van der Waals surface area contributed by atoms with Crippen molar-refractivity contribution in [1.29, 1.82) is 0 Å². The molecule has 0 aliphatic carbocycles. The summed E-state index contributed by atoms with van der Waals surface area (Å²) in [6.07, 6.45) is 0. The number of aryl methyl sites for hydroxylation is 1. The predicted octanol–water partition coefficient (Wildman–Crippen LogP) is 3.15. The molecule has 0 bridgehead atoms. The van der Waals surface area contributed by atoms with E-state index in [2.05, 4.69) is 0 Å². The summed E-state index contributed by atoms with van der Waals surface area (Å²) in [5.74, 6) is 0.871. The highest BCUT2D eigenvalue weighted by atomic mass is 16.5. The van der Waals surface area contributed by atoms with E-state index >= 15 is 0 Å². The summed E-state index contributed by atoms with van der Waals surface area (Å²) in [4.78, 5) is 0. The van der Waals surface area contributed by atoms with Gasteiger partial charge in [0.25, 0.3) is 0 Å². The summed E-state index contributed by atoms with van der Waals surface area (Å²) < 4.78 is 5.73. The molecule has 1 N–H and O–H groups in total. The van der Waals surface area contributed by atoms with E-state index < -0.39 is 0 Å². The van der Waals surface area contributed by atoms with Crippen LogP contribution in [0.2, 0.25) is 0 Å². The molecule has 2 rings (SSSR count). The van der Waals surface area contributed by atoms with E-state index in [1.807, 2.05) is 61.5 Å². The van der Waals surface area contributed by atoms with Gasteiger partial charge in [-0.05, 0) is 30.2 Å². The summed E-state index contributed by atoms with van der Waals surface area (Å²) in [5.41, 5.74) is 2.28. The van der Waals surface area contributed by atoms with Gasteiger partial charge in [0.05, 0.1) is 13.2 Å². The van der Waals surface area contributed by atoms with Gasteiger partial charge < -0.3 is 9.84 Å². The van der Waals surface area contributed by atoms with Gasteiger partial charge in [-0.25, -0.2) is 0 Å². The van der Waals surface area contributed by atoms with Crippen LogP contribution in [-0.4, -0.2) is 18.3 Å². The molecule has 2 aromatic rings. The lowest BCUT2D eigenvalue weighted by molar-refractivity contribution is 0.205. The second kappa shape index (κ2) is 6.22. The minimum Gasteiger partial charge on any atom is -0.493 e. The molecule has 0 heterocycles. The summed E-state index contributed by atoms with van der Waals surface area (Å²) in [6.45, 7) is 2.62. The van der Waals surface area contributed by atoms with Crippen molar-refractivity contribution >= 4 is 0 Å². The van der Waals surface area contributed by atoms with Crippen molar-refractivity contribution in [3.8, 4) is 5.75 Å². The Morgan fingerprint density at radius 3 is 2.50 bits per heavy atom. The SMILES string of the molecule is Cc1cccc(OCC(CO)c2ccccc2)c1. The Morgan fingerprint density at radius 2 is 1.83 bits per heavy atom. The van der Waals surface area contributed by atoms with Gasteiger partial charge in [-0.2, -0.15) is 0 Å². The number of rotatable bonds is 5. The maximum absolute atomic E-state index is 9.43. The molecule has 0 aromatic heterocycles. The highest BCUT2D eigenvalue weighted by Gasteiger charge is 2.10. The summed E-state index contributed by atoms with van der Waals surface area (Å²) >= 11 is 0. The molecule has 2 heteroatoms. The minimum atomic E-state index is 0.0201. The zero-order chi connectivity index (χ0) is 12.8. The standard InChI is InChI=1S/C16H18O2/c1-13-6-5-9-16(10-13)18-12-15(11-17)14-7-3-2-4-8-14/h2-10,15,17H,11-12H2,1H3. The van der Waals surface area contributed by atoms with E-state index in [1.165, 1.54) is 5.56 Å². The van der Waals surface area contributed by atoms with Crippen molar-refractivity contribution in [2.24, 2.45) is 0 Å². The zero-order valence-electron chi connectivity index (χ0n) is 10.5. The lowest BCUT2D eigenvalue weighted by atomic mass is 10.0. The van der Waals surface area contributed by atoms with Gasteiger partial charge in [-0.3, -0.25) is 0 Å². The first-order valence-electron chi connectivity index (χ1n) is 6.15. The van der Waals surface area contributed by atoms with Crippen molar-refractivity contribution < 1.29 is 9.84 Å². The molecule has 1 unspecified atom stereocenters. The van der Waals surface area contributed by atoms with Crippen LogP contribution < -0.4 is 4.74 Å². The van der Waals surface area contributed by atoms with Crippen LogP contribution in [0.5, 0.6) is 5.75 Å². The first-order chi connectivity index (χ1) is 8.79. The normalized spacial score (nSPS) is 12.1. The molecule has 0 spiro atoms. The monoisotopic (exact) mass is 242 g/mol. The van der Waals surface area contributed by atoms with Crippen molar-refractivity contribution in [2.45, 2.75) is 12.8 Å². The van der Waals surface area contributed by atoms with Crippen molar-refractivity contribution in [1.82, 2.24) is 0 Å². The molecule has 0 saturated heterocycles. The number of ether oxygens (including phenoxy) is 1. The third-order valence-electron chi connectivity index (χ3n) is 2.93. The summed E-state index contributed by atoms with van der Waals surface area (Å²) in [6, 6.07) is 17.9. The highest BCUT2D eigenvalue weighted by Crippen LogP contribution is 2.18. The van der Waals surface area contributed by atoms with Crippen molar-refractivity contribution in [2.75, 3.05) is 13.2 Å². The number of aliphatic hydroxyl groups is 1. The van der Waals surface area contributed by atoms with E-state index in [4.69, 9.17) is 4.74 Å². The van der Waals surface area contributed by atoms with Crippen molar-refractivity contribution in [3.63, 3.8) is 0 Å². The number of aliphatic hydroxyl groups excluding tert-OH is 1. The molecule has 18 heavy (non-hydrogen) atoms. The molecular weight excluding hydrogens is 224 g/mol. The second-order valence-electron chi connectivity index (χ2n) is 4.42. The molecule has 0 aliphatic rings. The van der Waals surface area contributed by atoms with E-state index in [1.54, 1.807) is 0 Å². The molecule has 94 valence electrons. The Kier molecular flexibility index (Phi) is 4.37. The van der Waals surface area contributed by atoms with Gasteiger partial charge in [0.1, 0.15) is 5.75 Å². The van der Waals surface area contributed by atoms with Gasteiger partial charge in [-0.15, -0.1) is 0 Å². The first-order valence-corrected chi connectivity index (χ1v) is 6.15. The fourth-order valence-electron chi connectivity index (χ4n) is 1.88. The van der Waals surface area contributed by atoms with E-state index in [9.17, 15) is 5.11 Å². The Balaban J connectivity index is 2.00. The molecule has 2 nitrogen and oxygen atoms in total. The maximum Gasteiger partial charge on any atom is 0.119 e. The molecular formula is C16H18O2. The van der Waals surface area contributed by atoms with Crippen LogP contribution in [0.3, 0.4) is 0 Å². The number of hydrogen-bond donors (Lipinski definition) is 1. The molecule has 0 saturated carbocycles.